The normalized spacial score (nSPS) is 24.7. The molecule has 11 heteroatoms. The van der Waals surface area contributed by atoms with Crippen molar-refractivity contribution < 1.29 is 33.8 Å². The fourth-order valence-electron chi connectivity index (χ4n) is 8.96. The molecule has 0 aromatic heterocycles. The Labute approximate surface area is 326 Å². The molecule has 0 unspecified atom stereocenters. The number of hydrogen-bond donors (Lipinski definition) is 1. The van der Waals surface area contributed by atoms with E-state index in [0.717, 1.165) is 18.8 Å². The van der Waals surface area contributed by atoms with Crippen LogP contribution in [0.5, 0.6) is 0 Å². The summed E-state index contributed by atoms with van der Waals surface area (Å²) in [4.78, 5) is 64.9. The lowest BCUT2D eigenvalue weighted by Gasteiger charge is -2.41. The van der Waals surface area contributed by atoms with E-state index >= 15 is 4.79 Å². The van der Waals surface area contributed by atoms with Gasteiger partial charge in [-0.15, -0.1) is 13.2 Å². The van der Waals surface area contributed by atoms with Gasteiger partial charge in [0.05, 0.1) is 36.6 Å². The number of carbonyl (C=O) groups is 4. The quantitative estimate of drug-likeness (QED) is 0.139. The summed E-state index contributed by atoms with van der Waals surface area (Å²) in [5.41, 5.74) is 1.08. The van der Waals surface area contributed by atoms with E-state index in [1.165, 1.54) is 4.90 Å². The number of rotatable bonds is 19. The molecule has 0 aliphatic carbocycles. The molecule has 5 rings (SSSR count). The van der Waals surface area contributed by atoms with Crippen molar-refractivity contribution in [1.82, 2.24) is 9.80 Å². The van der Waals surface area contributed by atoms with E-state index in [9.17, 15) is 19.5 Å². The van der Waals surface area contributed by atoms with Gasteiger partial charge in [0, 0.05) is 44.5 Å². The van der Waals surface area contributed by atoms with Crippen molar-refractivity contribution in [2.75, 3.05) is 43.1 Å². The number of likely N-dealkylation sites (tertiary alicyclic amines) is 1. The smallest absolute Gasteiger partial charge is 0.313 e. The van der Waals surface area contributed by atoms with Gasteiger partial charge in [-0.3, -0.25) is 19.2 Å². The maximum atomic E-state index is 15.2. The van der Waals surface area contributed by atoms with Gasteiger partial charge in [-0.05, 0) is 75.8 Å². The highest BCUT2D eigenvalue weighted by Gasteiger charge is 2.76. The molecule has 1 N–H and O–H groups in total. The number of fused-ring (bicyclic) bond motifs is 1. The molecule has 3 fully saturated rings. The predicted molar refractivity (Wildman–Crippen MR) is 214 cm³/mol. The Morgan fingerprint density at radius 3 is 2.25 bits per heavy atom. The lowest BCUT2D eigenvalue weighted by molar-refractivity contribution is -0.165. The number of aliphatic hydroxyl groups is 1. The van der Waals surface area contributed by atoms with E-state index in [2.05, 4.69) is 31.9 Å². The molecule has 2 bridgehead atoms. The number of benzene rings is 2. The first-order valence-corrected chi connectivity index (χ1v) is 19.9. The van der Waals surface area contributed by atoms with Crippen molar-refractivity contribution in [3.63, 3.8) is 0 Å². The zero-order valence-corrected chi connectivity index (χ0v) is 33.4. The van der Waals surface area contributed by atoms with Gasteiger partial charge in [0.2, 0.25) is 11.8 Å². The Hall–Kier alpha value is -4.48. The van der Waals surface area contributed by atoms with Crippen molar-refractivity contribution in [3.8, 4) is 0 Å². The zero-order valence-electron chi connectivity index (χ0n) is 33.4. The van der Waals surface area contributed by atoms with Crippen molar-refractivity contribution >= 4 is 35.1 Å². The summed E-state index contributed by atoms with van der Waals surface area (Å²) in [6.07, 6.45) is 4.17. The molecule has 298 valence electrons. The van der Waals surface area contributed by atoms with Gasteiger partial charge >= 0.3 is 5.97 Å². The van der Waals surface area contributed by atoms with Crippen LogP contribution in [-0.4, -0.2) is 102 Å². The summed E-state index contributed by atoms with van der Waals surface area (Å²) in [6.45, 7) is 19.1. The van der Waals surface area contributed by atoms with Gasteiger partial charge in [0.25, 0.3) is 5.91 Å². The zero-order chi connectivity index (χ0) is 40.0. The number of ether oxygens (including phenoxy) is 2. The highest BCUT2D eigenvalue weighted by molar-refractivity contribution is 6.05. The Morgan fingerprint density at radius 1 is 1.02 bits per heavy atom. The van der Waals surface area contributed by atoms with E-state index in [0.29, 0.717) is 36.9 Å². The number of allylic oxidation sites excluding steroid dienone is 1. The number of amides is 3. The molecule has 3 saturated heterocycles. The second-order valence-corrected chi connectivity index (χ2v) is 15.2. The van der Waals surface area contributed by atoms with Gasteiger partial charge < -0.3 is 34.2 Å². The largest absolute Gasteiger partial charge is 0.455 e. The monoisotopic (exact) mass is 756 g/mol. The number of anilines is 2. The highest BCUT2D eigenvalue weighted by Crippen LogP contribution is 2.60. The molecular formula is C44H60N4O7. The second kappa shape index (κ2) is 18.0. The van der Waals surface area contributed by atoms with Crippen LogP contribution in [0.2, 0.25) is 0 Å². The summed E-state index contributed by atoms with van der Waals surface area (Å²) in [6, 6.07) is 14.7. The molecule has 0 radical (unpaired) electrons. The standard InChI is InChI=1S/C44H60N4O7/c1-9-14-20-36(50)45(8)30(7)39(31-18-16-15-17-19-31)54-43(53)37-35-25-26-44(55-35)38(37)41(51)48(34(28-49)29(6)11-3)40(44)42(52)47(27-10-2)33-23-21-32(22-24-33)46(12-4)13-5/h9-10,15-19,21-24,29-30,34-35,37-40,49H,1-2,11-14,20,25-28H2,3-8H3/t29-,30+,34-,35+,37-,38-,39-,40+,44-/m0/s1. The Bertz CT molecular complexity index is 1680. The van der Waals surface area contributed by atoms with Gasteiger partial charge in [0.15, 0.2) is 0 Å². The third-order valence-corrected chi connectivity index (χ3v) is 12.3. The summed E-state index contributed by atoms with van der Waals surface area (Å²) in [5, 5.41) is 10.8. The molecule has 3 amide bonds. The van der Waals surface area contributed by atoms with Crippen molar-refractivity contribution in [1.29, 1.82) is 0 Å². The average molecular weight is 757 g/mol. The first kappa shape index (κ1) is 41.7. The number of nitrogens with zero attached hydrogens (tertiary/aromatic N) is 4. The summed E-state index contributed by atoms with van der Waals surface area (Å²) >= 11 is 0. The van der Waals surface area contributed by atoms with Crippen LogP contribution in [-0.2, 0) is 28.7 Å². The van der Waals surface area contributed by atoms with Gasteiger partial charge in [-0.2, -0.15) is 0 Å². The molecular weight excluding hydrogens is 697 g/mol. The first-order chi connectivity index (χ1) is 26.4. The minimum absolute atomic E-state index is 0.110. The van der Waals surface area contributed by atoms with Gasteiger partial charge in [-0.1, -0.05) is 62.8 Å². The van der Waals surface area contributed by atoms with Gasteiger partial charge in [-0.25, -0.2) is 0 Å². The fourth-order valence-corrected chi connectivity index (χ4v) is 8.96. The Balaban J connectivity index is 1.54. The van der Waals surface area contributed by atoms with Crippen LogP contribution in [0.4, 0.5) is 11.4 Å². The SMILES string of the molecule is C=CCCC(=O)N(C)[C@H](C)[C@H](OC(=O)[C@@H]1[C@H]2C(=O)N([C@@H](CO)[C@@H](C)CC)[C@H](C(=O)N(CC=C)c3ccc(N(CC)CC)cc3)[C@]23CC[C@H]1O3)c1ccccc1. The third kappa shape index (κ3) is 7.83. The lowest BCUT2D eigenvalue weighted by Crippen LogP contribution is -2.60. The third-order valence-electron chi connectivity index (χ3n) is 12.3. The van der Waals surface area contributed by atoms with Crippen LogP contribution in [0.1, 0.15) is 78.4 Å². The molecule has 0 saturated carbocycles. The maximum Gasteiger partial charge on any atom is 0.313 e. The maximum absolute atomic E-state index is 15.2. The summed E-state index contributed by atoms with van der Waals surface area (Å²) in [7, 11) is 1.69. The van der Waals surface area contributed by atoms with Crippen LogP contribution in [0.3, 0.4) is 0 Å². The first-order valence-electron chi connectivity index (χ1n) is 19.9. The van der Waals surface area contributed by atoms with Crippen LogP contribution in [0, 0.1) is 17.8 Å². The summed E-state index contributed by atoms with van der Waals surface area (Å²) < 4.78 is 13.2. The van der Waals surface area contributed by atoms with Gasteiger partial charge in [0.1, 0.15) is 17.7 Å². The van der Waals surface area contributed by atoms with E-state index in [1.54, 1.807) is 29.0 Å². The van der Waals surface area contributed by atoms with E-state index in [-0.39, 0.29) is 37.3 Å². The molecule has 2 aromatic carbocycles. The molecule has 2 aromatic rings. The molecule has 3 aliphatic heterocycles. The number of esters is 1. The summed E-state index contributed by atoms with van der Waals surface area (Å²) in [5.74, 6) is -3.59. The Morgan fingerprint density at radius 2 is 1.67 bits per heavy atom. The van der Waals surface area contributed by atoms with Crippen molar-refractivity contribution in [3.05, 3.63) is 85.5 Å². The average Bonchev–Trinajstić information content (AvgIpc) is 3.86. The lowest BCUT2D eigenvalue weighted by atomic mass is 9.70. The number of likely N-dealkylation sites (N-methyl/N-ethyl adjacent to an activating group) is 1. The fraction of sp³-hybridized carbons (Fsp3) is 0.545. The van der Waals surface area contributed by atoms with E-state index in [4.69, 9.17) is 9.47 Å². The molecule has 11 nitrogen and oxygen atoms in total. The van der Waals surface area contributed by atoms with Crippen molar-refractivity contribution in [2.45, 2.75) is 103 Å². The molecule has 3 aliphatic rings. The minimum atomic E-state index is -1.31. The predicted octanol–water partition coefficient (Wildman–Crippen LogP) is 5.93. The van der Waals surface area contributed by atoms with Crippen LogP contribution < -0.4 is 9.80 Å². The van der Waals surface area contributed by atoms with E-state index in [1.807, 2.05) is 75.4 Å². The van der Waals surface area contributed by atoms with E-state index < -0.39 is 59.6 Å². The number of aliphatic hydroxyl groups excluding tert-OH is 1. The van der Waals surface area contributed by atoms with Crippen molar-refractivity contribution in [2.24, 2.45) is 17.8 Å². The molecule has 1 spiro atoms. The minimum Gasteiger partial charge on any atom is -0.455 e. The molecule has 9 atom stereocenters. The van der Waals surface area contributed by atoms with Crippen LogP contribution in [0.25, 0.3) is 0 Å². The molecule has 3 heterocycles. The molecule has 55 heavy (non-hydrogen) atoms. The van der Waals surface area contributed by atoms with Crippen LogP contribution >= 0.6 is 0 Å². The highest BCUT2D eigenvalue weighted by atomic mass is 16.6. The van der Waals surface area contributed by atoms with Crippen LogP contribution in [0.15, 0.2) is 79.9 Å². The number of hydrogen-bond acceptors (Lipinski definition) is 8. The topological polar surface area (TPSA) is 120 Å². The number of carbonyl (C=O) groups excluding carboxylic acids is 4. The Kier molecular flexibility index (Phi) is 13.6. The second-order valence-electron chi connectivity index (χ2n) is 15.2.